The maximum atomic E-state index is 11.7. The van der Waals surface area contributed by atoms with Gasteiger partial charge in [0.05, 0.1) is 0 Å². The first-order valence-corrected chi connectivity index (χ1v) is 5.22. The van der Waals surface area contributed by atoms with Crippen LogP contribution >= 0.6 is 0 Å². The van der Waals surface area contributed by atoms with Gasteiger partial charge in [-0.2, -0.15) is 30.6 Å². The van der Waals surface area contributed by atoms with Gasteiger partial charge in [-0.05, 0) is 0 Å². The summed E-state index contributed by atoms with van der Waals surface area (Å²) in [5.41, 5.74) is 5.29. The largest absolute Gasteiger partial charge is 0.402 e. The molecule has 1 fully saturated rings. The zero-order valence-electron chi connectivity index (χ0n) is 7.08. The number of hydrogen-bond acceptors (Lipinski definition) is 3. The molecule has 1 heterocycles. The number of alkyl halides is 3. The second-order valence-electron chi connectivity index (χ2n) is 3.02. The van der Waals surface area contributed by atoms with Crippen molar-refractivity contribution in [2.75, 3.05) is 19.6 Å². The molecule has 0 amide bonds. The third kappa shape index (κ3) is 3.08. The van der Waals surface area contributed by atoms with Gasteiger partial charge in [-0.3, -0.25) is 0 Å². The summed E-state index contributed by atoms with van der Waals surface area (Å²) in [6, 6.07) is -0.280. The van der Waals surface area contributed by atoms with Crippen molar-refractivity contribution in [2.45, 2.75) is 12.2 Å². The second-order valence-corrected chi connectivity index (χ2v) is 4.77. The Morgan fingerprint density at radius 3 is 2.29 bits per heavy atom. The summed E-state index contributed by atoms with van der Waals surface area (Å²) in [4.78, 5) is 0. The average molecular weight is 233 g/mol. The molecule has 1 rings (SSSR count). The van der Waals surface area contributed by atoms with Crippen molar-refractivity contribution in [3.05, 3.63) is 0 Å². The quantitative estimate of drug-likeness (QED) is 0.658. The van der Waals surface area contributed by atoms with Crippen LogP contribution in [0, 0.1) is 0 Å². The average Bonchev–Trinajstić information content (AvgIpc) is 1.94. The number of halogens is 3. The summed E-state index contributed by atoms with van der Waals surface area (Å²) in [5.74, 6) is 0. The van der Waals surface area contributed by atoms with Crippen LogP contribution in [0.5, 0.6) is 0 Å². The van der Waals surface area contributed by atoms with Crippen LogP contribution in [-0.4, -0.2) is 44.6 Å². The fourth-order valence-corrected chi connectivity index (χ4v) is 2.23. The van der Waals surface area contributed by atoms with Crippen molar-refractivity contribution in [3.8, 4) is 0 Å². The Hall–Kier alpha value is -0.380. The van der Waals surface area contributed by atoms with Crippen molar-refractivity contribution >= 4 is 10.2 Å². The first-order chi connectivity index (χ1) is 6.21. The fraction of sp³-hybridized carbons (Fsp3) is 1.00. The highest BCUT2D eigenvalue weighted by Gasteiger charge is 2.36. The summed E-state index contributed by atoms with van der Waals surface area (Å²) in [5, 5.41) is 0. The lowest BCUT2D eigenvalue weighted by Gasteiger charge is -2.35. The van der Waals surface area contributed by atoms with Gasteiger partial charge in [0.1, 0.15) is 6.54 Å². The van der Waals surface area contributed by atoms with Gasteiger partial charge in [-0.25, -0.2) is 0 Å². The van der Waals surface area contributed by atoms with Crippen molar-refractivity contribution in [3.63, 3.8) is 0 Å². The summed E-state index contributed by atoms with van der Waals surface area (Å²) in [6.07, 6.45) is -4.54. The molecular formula is C5H10F3N3O2S. The van der Waals surface area contributed by atoms with E-state index in [2.05, 4.69) is 0 Å². The third-order valence-electron chi connectivity index (χ3n) is 1.67. The Morgan fingerprint density at radius 2 is 1.93 bits per heavy atom. The predicted octanol–water partition coefficient (Wildman–Crippen LogP) is -0.974. The smallest absolute Gasteiger partial charge is 0.325 e. The van der Waals surface area contributed by atoms with E-state index in [-0.39, 0.29) is 19.1 Å². The summed E-state index contributed by atoms with van der Waals surface area (Å²) < 4.78 is 59.5. The lowest BCUT2D eigenvalue weighted by atomic mass is 10.2. The highest BCUT2D eigenvalue weighted by molar-refractivity contribution is 7.87. The topological polar surface area (TPSA) is 75.4 Å². The van der Waals surface area contributed by atoms with E-state index in [0.717, 1.165) is 4.31 Å². The minimum absolute atomic E-state index is 0.0627. The molecule has 14 heavy (non-hydrogen) atoms. The van der Waals surface area contributed by atoms with Gasteiger partial charge in [0.15, 0.2) is 0 Å². The second kappa shape index (κ2) is 3.65. The highest BCUT2D eigenvalue weighted by atomic mass is 32.2. The van der Waals surface area contributed by atoms with E-state index in [0.29, 0.717) is 0 Å². The van der Waals surface area contributed by atoms with Crippen LogP contribution in [0.4, 0.5) is 13.2 Å². The summed E-state index contributed by atoms with van der Waals surface area (Å²) in [7, 11) is -4.01. The molecule has 0 bridgehead atoms. The van der Waals surface area contributed by atoms with Crippen molar-refractivity contribution in [1.29, 1.82) is 0 Å². The molecule has 1 saturated heterocycles. The van der Waals surface area contributed by atoms with E-state index in [1.54, 1.807) is 0 Å². The summed E-state index contributed by atoms with van der Waals surface area (Å²) in [6.45, 7) is -1.43. The van der Waals surface area contributed by atoms with Gasteiger partial charge in [0.2, 0.25) is 0 Å². The normalized spacial score (nSPS) is 20.9. The monoisotopic (exact) mass is 233 g/mol. The van der Waals surface area contributed by atoms with Crippen molar-refractivity contribution in [1.82, 2.24) is 9.03 Å². The van der Waals surface area contributed by atoms with Gasteiger partial charge in [-0.1, -0.05) is 0 Å². The van der Waals surface area contributed by atoms with E-state index < -0.39 is 22.9 Å². The molecule has 0 atom stereocenters. The number of nitrogens with zero attached hydrogens (tertiary/aromatic N) is 1. The first-order valence-electron chi connectivity index (χ1n) is 3.78. The van der Waals surface area contributed by atoms with E-state index in [9.17, 15) is 21.6 Å². The molecule has 0 aliphatic carbocycles. The summed E-state index contributed by atoms with van der Waals surface area (Å²) >= 11 is 0. The zero-order chi connectivity index (χ0) is 11.0. The molecule has 0 aromatic rings. The van der Waals surface area contributed by atoms with Crippen LogP contribution in [0.1, 0.15) is 0 Å². The van der Waals surface area contributed by atoms with E-state index in [4.69, 9.17) is 5.73 Å². The Morgan fingerprint density at radius 1 is 1.43 bits per heavy atom. The van der Waals surface area contributed by atoms with E-state index in [1.807, 2.05) is 0 Å². The predicted molar refractivity (Wildman–Crippen MR) is 42.5 cm³/mol. The Bertz CT molecular complexity index is 296. The van der Waals surface area contributed by atoms with Gasteiger partial charge in [0.25, 0.3) is 10.2 Å². The molecular weight excluding hydrogens is 223 g/mol. The molecule has 0 saturated carbocycles. The number of nitrogens with two attached hydrogens (primary N) is 1. The molecule has 0 unspecified atom stereocenters. The van der Waals surface area contributed by atoms with Crippen molar-refractivity contribution < 1.29 is 21.6 Å². The number of nitrogens with one attached hydrogen (secondary N) is 1. The molecule has 1 aliphatic heterocycles. The minimum atomic E-state index is -4.54. The van der Waals surface area contributed by atoms with Crippen LogP contribution in [0.25, 0.3) is 0 Å². The SMILES string of the molecule is NC1CN(S(=O)(=O)NCC(F)(F)F)C1. The van der Waals surface area contributed by atoms with Crippen molar-refractivity contribution in [2.24, 2.45) is 5.73 Å². The molecule has 0 spiro atoms. The molecule has 3 N–H and O–H groups in total. The van der Waals surface area contributed by atoms with Crippen LogP contribution in [0.15, 0.2) is 0 Å². The fourth-order valence-electron chi connectivity index (χ4n) is 0.930. The molecule has 0 aromatic heterocycles. The highest BCUT2D eigenvalue weighted by Crippen LogP contribution is 2.15. The lowest BCUT2D eigenvalue weighted by Crippen LogP contribution is -2.60. The molecule has 5 nitrogen and oxygen atoms in total. The van der Waals surface area contributed by atoms with Crippen LogP contribution in [0.3, 0.4) is 0 Å². The maximum Gasteiger partial charge on any atom is 0.402 e. The third-order valence-corrected chi connectivity index (χ3v) is 3.16. The Labute approximate surface area is 79.2 Å². The van der Waals surface area contributed by atoms with Gasteiger partial charge in [0, 0.05) is 19.1 Å². The van der Waals surface area contributed by atoms with Crippen LogP contribution in [0.2, 0.25) is 0 Å². The van der Waals surface area contributed by atoms with Crippen LogP contribution < -0.4 is 10.5 Å². The number of hydrogen-bond donors (Lipinski definition) is 2. The molecule has 9 heteroatoms. The van der Waals surface area contributed by atoms with Gasteiger partial charge >= 0.3 is 6.18 Å². The van der Waals surface area contributed by atoms with Gasteiger partial charge < -0.3 is 5.73 Å². The zero-order valence-corrected chi connectivity index (χ0v) is 7.90. The standard InChI is InChI=1S/C5H10F3N3O2S/c6-5(7,8)3-10-14(12,13)11-1-4(9)2-11/h4,10H,1-3,9H2. The molecule has 0 aromatic carbocycles. The molecule has 84 valence electrons. The number of rotatable bonds is 3. The van der Waals surface area contributed by atoms with Gasteiger partial charge in [-0.15, -0.1) is 0 Å². The first kappa shape index (κ1) is 11.7. The Balaban J connectivity index is 2.44. The molecule has 1 aliphatic rings. The van der Waals surface area contributed by atoms with Crippen LogP contribution in [-0.2, 0) is 10.2 Å². The minimum Gasteiger partial charge on any atom is -0.325 e. The Kier molecular flexibility index (Phi) is 3.04. The maximum absolute atomic E-state index is 11.7. The lowest BCUT2D eigenvalue weighted by molar-refractivity contribution is -0.121. The van der Waals surface area contributed by atoms with E-state index in [1.165, 1.54) is 4.72 Å². The van der Waals surface area contributed by atoms with E-state index >= 15 is 0 Å². The molecule has 0 radical (unpaired) electrons.